The largest absolute Gasteiger partial charge is 0.310 e. The summed E-state index contributed by atoms with van der Waals surface area (Å²) < 4.78 is 26.8. The summed E-state index contributed by atoms with van der Waals surface area (Å²) in [7, 11) is -3.23. The summed E-state index contributed by atoms with van der Waals surface area (Å²) in [6, 6.07) is 8.22. The van der Waals surface area contributed by atoms with Crippen molar-refractivity contribution in [2.45, 2.75) is 52.0 Å². The quantitative estimate of drug-likeness (QED) is 0.775. The molecule has 1 aliphatic rings. The normalized spacial score (nSPS) is 17.1. The summed E-state index contributed by atoms with van der Waals surface area (Å²) >= 11 is 0. The van der Waals surface area contributed by atoms with Crippen molar-refractivity contribution in [3.05, 3.63) is 35.4 Å². The predicted molar refractivity (Wildman–Crippen MR) is 86.4 cm³/mol. The second kappa shape index (κ2) is 6.46. The van der Waals surface area contributed by atoms with Crippen LogP contribution < -0.4 is 10.0 Å². The first-order valence-corrected chi connectivity index (χ1v) is 9.22. The fourth-order valence-corrected chi connectivity index (χ4v) is 3.32. The van der Waals surface area contributed by atoms with E-state index >= 15 is 0 Å². The maximum Gasteiger partial charge on any atom is 0.215 e. The summed E-state index contributed by atoms with van der Waals surface area (Å²) in [5, 5.41) is 3.34. The third-order valence-corrected chi connectivity index (χ3v) is 5.21. The molecule has 1 aromatic rings. The number of rotatable bonds is 8. The summed E-state index contributed by atoms with van der Waals surface area (Å²) in [4.78, 5) is 0. The molecule has 1 aliphatic carbocycles. The molecule has 0 amide bonds. The molecule has 2 rings (SSSR count). The van der Waals surface area contributed by atoms with E-state index in [1.165, 1.54) is 5.56 Å². The van der Waals surface area contributed by atoms with Crippen molar-refractivity contribution >= 4 is 10.0 Å². The SMILES string of the molecule is CC(C)NCc1ccc(CS(=O)(=O)NCC2(C)CC2)cc1. The first kappa shape index (κ1) is 16.5. The van der Waals surface area contributed by atoms with E-state index < -0.39 is 10.0 Å². The molecule has 0 bridgehead atoms. The number of benzene rings is 1. The topological polar surface area (TPSA) is 58.2 Å². The molecule has 1 saturated carbocycles. The van der Waals surface area contributed by atoms with Gasteiger partial charge in [-0.2, -0.15) is 0 Å². The zero-order chi connectivity index (χ0) is 15.5. The average Bonchev–Trinajstić information content (AvgIpc) is 3.14. The summed E-state index contributed by atoms with van der Waals surface area (Å²) in [5.41, 5.74) is 2.19. The molecule has 4 nitrogen and oxygen atoms in total. The van der Waals surface area contributed by atoms with Crippen LogP contribution >= 0.6 is 0 Å². The van der Waals surface area contributed by atoms with Gasteiger partial charge in [0.2, 0.25) is 10.0 Å². The molecule has 0 spiro atoms. The third-order valence-electron chi connectivity index (χ3n) is 3.92. The van der Waals surface area contributed by atoms with Gasteiger partial charge >= 0.3 is 0 Å². The van der Waals surface area contributed by atoms with Crippen LogP contribution in [-0.4, -0.2) is 21.0 Å². The number of hydrogen-bond donors (Lipinski definition) is 2. The Kier molecular flexibility index (Phi) is 5.07. The molecule has 2 N–H and O–H groups in total. The van der Waals surface area contributed by atoms with Gasteiger partial charge in [0.1, 0.15) is 0 Å². The van der Waals surface area contributed by atoms with Crippen molar-refractivity contribution in [3.8, 4) is 0 Å². The Balaban J connectivity index is 1.86. The van der Waals surface area contributed by atoms with E-state index in [-0.39, 0.29) is 11.2 Å². The lowest BCUT2D eigenvalue weighted by Crippen LogP contribution is -2.30. The van der Waals surface area contributed by atoms with Gasteiger partial charge in [0.15, 0.2) is 0 Å². The Morgan fingerprint density at radius 2 is 1.71 bits per heavy atom. The first-order valence-electron chi connectivity index (χ1n) is 7.57. The lowest BCUT2D eigenvalue weighted by atomic mass is 10.1. The molecule has 0 aromatic heterocycles. The Morgan fingerprint density at radius 3 is 2.24 bits per heavy atom. The molecule has 21 heavy (non-hydrogen) atoms. The number of hydrogen-bond acceptors (Lipinski definition) is 3. The molecule has 5 heteroatoms. The van der Waals surface area contributed by atoms with Crippen LogP contribution in [0.1, 0.15) is 44.7 Å². The highest BCUT2D eigenvalue weighted by molar-refractivity contribution is 7.88. The highest BCUT2D eigenvalue weighted by atomic mass is 32.2. The summed E-state index contributed by atoms with van der Waals surface area (Å²) in [5.74, 6) is 0.0565. The van der Waals surface area contributed by atoms with Crippen LogP contribution in [0.15, 0.2) is 24.3 Å². The molecule has 0 radical (unpaired) electrons. The highest BCUT2D eigenvalue weighted by Gasteiger charge is 2.37. The van der Waals surface area contributed by atoms with Gasteiger partial charge in [-0.3, -0.25) is 0 Å². The smallest absolute Gasteiger partial charge is 0.215 e. The third kappa shape index (κ3) is 5.77. The van der Waals surface area contributed by atoms with Gasteiger partial charge in [-0.25, -0.2) is 13.1 Å². The fraction of sp³-hybridized carbons (Fsp3) is 0.625. The molecular weight excluding hydrogens is 284 g/mol. The van der Waals surface area contributed by atoms with Crippen LogP contribution in [0.3, 0.4) is 0 Å². The number of sulfonamides is 1. The van der Waals surface area contributed by atoms with Gasteiger partial charge in [-0.05, 0) is 29.4 Å². The van der Waals surface area contributed by atoms with E-state index in [4.69, 9.17) is 0 Å². The van der Waals surface area contributed by atoms with Crippen molar-refractivity contribution in [2.24, 2.45) is 5.41 Å². The number of nitrogens with one attached hydrogen (secondary N) is 2. The molecule has 1 aromatic carbocycles. The molecular formula is C16H26N2O2S. The van der Waals surface area contributed by atoms with E-state index in [0.717, 1.165) is 24.9 Å². The maximum absolute atomic E-state index is 12.1. The minimum absolute atomic E-state index is 0.0565. The average molecular weight is 310 g/mol. The molecule has 1 fully saturated rings. The molecule has 0 saturated heterocycles. The monoisotopic (exact) mass is 310 g/mol. The van der Waals surface area contributed by atoms with Crippen LogP contribution in [0.2, 0.25) is 0 Å². The standard InChI is InChI=1S/C16H26N2O2S/c1-13(2)17-10-14-4-6-15(7-5-14)11-21(19,20)18-12-16(3)8-9-16/h4-7,13,17-18H,8-12H2,1-3H3. The summed E-state index contributed by atoms with van der Waals surface area (Å²) in [6.07, 6.45) is 2.24. The zero-order valence-electron chi connectivity index (χ0n) is 13.1. The van der Waals surface area contributed by atoms with E-state index in [1.54, 1.807) is 0 Å². The Bertz CT molecular complexity index is 560. The van der Waals surface area contributed by atoms with Crippen molar-refractivity contribution in [1.29, 1.82) is 0 Å². The minimum Gasteiger partial charge on any atom is -0.310 e. The molecule has 0 aliphatic heterocycles. The van der Waals surface area contributed by atoms with Gasteiger partial charge in [-0.15, -0.1) is 0 Å². The van der Waals surface area contributed by atoms with Gasteiger partial charge in [-0.1, -0.05) is 45.0 Å². The van der Waals surface area contributed by atoms with Gasteiger partial charge in [0.25, 0.3) is 0 Å². The minimum atomic E-state index is -3.23. The fourth-order valence-electron chi connectivity index (χ4n) is 2.02. The van der Waals surface area contributed by atoms with Gasteiger partial charge in [0.05, 0.1) is 5.75 Å². The highest BCUT2D eigenvalue weighted by Crippen LogP contribution is 2.44. The van der Waals surface area contributed by atoms with Crippen molar-refractivity contribution < 1.29 is 8.42 Å². The Labute approximate surface area is 128 Å². The maximum atomic E-state index is 12.1. The van der Waals surface area contributed by atoms with Crippen LogP contribution in [0.4, 0.5) is 0 Å². The van der Waals surface area contributed by atoms with Crippen LogP contribution in [0, 0.1) is 5.41 Å². The van der Waals surface area contributed by atoms with Gasteiger partial charge in [0, 0.05) is 19.1 Å². The van der Waals surface area contributed by atoms with Crippen molar-refractivity contribution in [2.75, 3.05) is 6.54 Å². The van der Waals surface area contributed by atoms with E-state index in [1.807, 2.05) is 24.3 Å². The lowest BCUT2D eigenvalue weighted by molar-refractivity contribution is 0.530. The zero-order valence-corrected chi connectivity index (χ0v) is 14.0. The Morgan fingerprint density at radius 1 is 1.14 bits per heavy atom. The van der Waals surface area contributed by atoms with E-state index in [0.29, 0.717) is 12.6 Å². The first-order chi connectivity index (χ1) is 9.78. The second-order valence-electron chi connectivity index (χ2n) is 6.74. The summed E-state index contributed by atoms with van der Waals surface area (Å²) in [6.45, 7) is 7.69. The van der Waals surface area contributed by atoms with Crippen LogP contribution in [-0.2, 0) is 22.3 Å². The van der Waals surface area contributed by atoms with E-state index in [9.17, 15) is 8.42 Å². The van der Waals surface area contributed by atoms with Crippen molar-refractivity contribution in [1.82, 2.24) is 10.0 Å². The molecule has 0 atom stereocenters. The molecule has 0 heterocycles. The second-order valence-corrected chi connectivity index (χ2v) is 8.55. The molecule has 0 unspecified atom stereocenters. The van der Waals surface area contributed by atoms with E-state index in [2.05, 4.69) is 30.8 Å². The molecule has 118 valence electrons. The van der Waals surface area contributed by atoms with Crippen LogP contribution in [0.5, 0.6) is 0 Å². The van der Waals surface area contributed by atoms with Crippen molar-refractivity contribution in [3.63, 3.8) is 0 Å². The van der Waals surface area contributed by atoms with Gasteiger partial charge < -0.3 is 5.32 Å². The van der Waals surface area contributed by atoms with Crippen LogP contribution in [0.25, 0.3) is 0 Å². The predicted octanol–water partition coefficient (Wildman–Crippen LogP) is 2.40. The Hall–Kier alpha value is -0.910. The lowest BCUT2D eigenvalue weighted by Gasteiger charge is -2.11.